The summed E-state index contributed by atoms with van der Waals surface area (Å²) in [5.41, 5.74) is 2.56. The van der Waals surface area contributed by atoms with E-state index in [1.165, 1.54) is 21.2 Å². The molecular weight excluding hydrogens is 266 g/mol. The molecule has 0 amide bonds. The molecule has 0 bridgehead atoms. The first-order valence-corrected chi connectivity index (χ1v) is 7.86. The van der Waals surface area contributed by atoms with Gasteiger partial charge in [0.2, 0.25) is 0 Å². The first-order valence-electron chi connectivity index (χ1n) is 7.04. The van der Waals surface area contributed by atoms with E-state index in [-0.39, 0.29) is 6.10 Å². The molecule has 1 atom stereocenters. The van der Waals surface area contributed by atoms with Crippen molar-refractivity contribution < 1.29 is 4.74 Å². The summed E-state index contributed by atoms with van der Waals surface area (Å²) >= 11 is 1.84. The Kier molecular flexibility index (Phi) is 3.99. The molecule has 3 heteroatoms. The quantitative estimate of drug-likeness (QED) is 0.807. The fourth-order valence-corrected chi connectivity index (χ4v) is 3.67. The van der Waals surface area contributed by atoms with Crippen LogP contribution in [-0.4, -0.2) is 19.3 Å². The monoisotopic (exact) mass is 285 g/mol. The van der Waals surface area contributed by atoms with Gasteiger partial charge in [0.1, 0.15) is 0 Å². The normalized spacial score (nSPS) is 14.6. The van der Waals surface area contributed by atoms with E-state index >= 15 is 0 Å². The minimum atomic E-state index is 0.212. The number of hydrogen-bond donors (Lipinski definition) is 0. The third kappa shape index (κ3) is 2.56. The fraction of sp³-hybridized carbons (Fsp3) is 0.294. The van der Waals surface area contributed by atoms with Crippen molar-refractivity contribution in [2.75, 3.05) is 18.1 Å². The number of rotatable bonds is 4. The van der Waals surface area contributed by atoms with Gasteiger partial charge >= 0.3 is 0 Å². The fourth-order valence-electron chi connectivity index (χ4n) is 2.57. The number of hydrogen-bond acceptors (Lipinski definition) is 3. The molecule has 104 valence electrons. The summed E-state index contributed by atoms with van der Waals surface area (Å²) in [6, 6.07) is 17.2. The first-order chi connectivity index (χ1) is 9.79. The Morgan fingerprint density at radius 3 is 2.10 bits per heavy atom. The van der Waals surface area contributed by atoms with Gasteiger partial charge in [0.05, 0.1) is 17.5 Å². The number of anilines is 2. The Hall–Kier alpha value is -1.45. The third-order valence-electron chi connectivity index (χ3n) is 3.42. The molecule has 3 rings (SSSR count). The molecule has 0 saturated heterocycles. The average Bonchev–Trinajstić information content (AvgIpc) is 2.47. The van der Waals surface area contributed by atoms with Crippen LogP contribution in [0.1, 0.15) is 13.8 Å². The molecule has 0 spiro atoms. The maximum absolute atomic E-state index is 5.73. The van der Waals surface area contributed by atoms with Gasteiger partial charge in [-0.3, -0.25) is 0 Å². The Labute approximate surface area is 124 Å². The highest BCUT2D eigenvalue weighted by molar-refractivity contribution is 7.99. The lowest BCUT2D eigenvalue weighted by Crippen LogP contribution is -2.30. The molecule has 2 aromatic carbocycles. The molecule has 2 aromatic rings. The van der Waals surface area contributed by atoms with Crippen LogP contribution >= 0.6 is 11.8 Å². The van der Waals surface area contributed by atoms with Crippen molar-refractivity contribution >= 4 is 23.1 Å². The van der Waals surface area contributed by atoms with Crippen LogP contribution < -0.4 is 4.90 Å². The number of nitrogens with zero attached hydrogens (tertiary/aromatic N) is 1. The lowest BCUT2D eigenvalue weighted by Gasteiger charge is -2.34. The zero-order valence-electron chi connectivity index (χ0n) is 11.9. The summed E-state index contributed by atoms with van der Waals surface area (Å²) in [6.07, 6.45) is 0.212. The van der Waals surface area contributed by atoms with Crippen molar-refractivity contribution in [2.24, 2.45) is 0 Å². The van der Waals surface area contributed by atoms with Gasteiger partial charge in [-0.25, -0.2) is 0 Å². The van der Waals surface area contributed by atoms with Crippen LogP contribution in [0, 0.1) is 0 Å². The van der Waals surface area contributed by atoms with Crippen molar-refractivity contribution in [3.63, 3.8) is 0 Å². The van der Waals surface area contributed by atoms with E-state index in [0.29, 0.717) is 0 Å². The van der Waals surface area contributed by atoms with Crippen LogP contribution in [-0.2, 0) is 4.74 Å². The highest BCUT2D eigenvalue weighted by Gasteiger charge is 2.23. The predicted octanol–water partition coefficient (Wildman–Crippen LogP) is 4.71. The first kappa shape index (κ1) is 13.5. The van der Waals surface area contributed by atoms with E-state index in [1.807, 2.05) is 18.7 Å². The standard InChI is InChI=1S/C17H19NOS/c1-3-19-13(2)12-18-14-8-4-6-10-16(14)20-17-11-7-5-9-15(17)18/h4-11,13H,3,12H2,1-2H3. The number of benzene rings is 2. The van der Waals surface area contributed by atoms with Crippen molar-refractivity contribution in [2.45, 2.75) is 29.7 Å². The van der Waals surface area contributed by atoms with Gasteiger partial charge in [-0.05, 0) is 38.1 Å². The maximum Gasteiger partial charge on any atom is 0.0725 e. The van der Waals surface area contributed by atoms with Gasteiger partial charge in [0.15, 0.2) is 0 Å². The molecule has 0 saturated carbocycles. The van der Waals surface area contributed by atoms with Gasteiger partial charge in [0, 0.05) is 22.9 Å². The van der Waals surface area contributed by atoms with Gasteiger partial charge in [0.25, 0.3) is 0 Å². The number of para-hydroxylation sites is 2. The van der Waals surface area contributed by atoms with E-state index < -0.39 is 0 Å². The molecular formula is C17H19NOS. The van der Waals surface area contributed by atoms with Crippen molar-refractivity contribution in [3.8, 4) is 0 Å². The highest BCUT2D eigenvalue weighted by atomic mass is 32.2. The summed E-state index contributed by atoms with van der Waals surface area (Å²) in [5.74, 6) is 0. The van der Waals surface area contributed by atoms with E-state index in [4.69, 9.17) is 4.74 Å². The van der Waals surface area contributed by atoms with E-state index in [0.717, 1.165) is 13.2 Å². The minimum absolute atomic E-state index is 0.212. The van der Waals surface area contributed by atoms with Crippen LogP contribution in [0.25, 0.3) is 0 Å². The van der Waals surface area contributed by atoms with Crippen molar-refractivity contribution in [1.29, 1.82) is 0 Å². The molecule has 0 N–H and O–H groups in total. The van der Waals surface area contributed by atoms with Gasteiger partial charge in [-0.1, -0.05) is 36.0 Å². The second kappa shape index (κ2) is 5.90. The SMILES string of the molecule is CCOC(C)CN1c2ccccc2Sc2ccccc21. The summed E-state index contributed by atoms with van der Waals surface area (Å²) in [6.45, 7) is 5.82. The minimum Gasteiger partial charge on any atom is -0.377 e. The summed E-state index contributed by atoms with van der Waals surface area (Å²) in [4.78, 5) is 5.01. The highest BCUT2D eigenvalue weighted by Crippen LogP contribution is 2.47. The zero-order chi connectivity index (χ0) is 13.9. The van der Waals surface area contributed by atoms with Gasteiger partial charge in [-0.15, -0.1) is 0 Å². The largest absolute Gasteiger partial charge is 0.377 e. The van der Waals surface area contributed by atoms with Crippen LogP contribution in [0.5, 0.6) is 0 Å². The van der Waals surface area contributed by atoms with E-state index in [2.05, 4.69) is 60.4 Å². The van der Waals surface area contributed by atoms with Crippen LogP contribution in [0.2, 0.25) is 0 Å². The van der Waals surface area contributed by atoms with Gasteiger partial charge in [-0.2, -0.15) is 0 Å². The van der Waals surface area contributed by atoms with E-state index in [1.54, 1.807) is 0 Å². The molecule has 0 aliphatic carbocycles. The Morgan fingerprint density at radius 1 is 1.00 bits per heavy atom. The Balaban J connectivity index is 1.99. The predicted molar refractivity (Wildman–Crippen MR) is 85.1 cm³/mol. The number of fused-ring (bicyclic) bond motifs is 2. The van der Waals surface area contributed by atoms with Crippen molar-refractivity contribution in [1.82, 2.24) is 0 Å². The molecule has 1 aliphatic heterocycles. The lowest BCUT2D eigenvalue weighted by molar-refractivity contribution is 0.0824. The second-order valence-corrected chi connectivity index (χ2v) is 6.00. The van der Waals surface area contributed by atoms with Crippen LogP contribution in [0.15, 0.2) is 58.3 Å². The zero-order valence-corrected chi connectivity index (χ0v) is 12.7. The summed E-state index contributed by atoms with van der Waals surface area (Å²) < 4.78 is 5.73. The molecule has 1 heterocycles. The second-order valence-electron chi connectivity index (χ2n) is 4.91. The average molecular weight is 285 g/mol. The van der Waals surface area contributed by atoms with Crippen LogP contribution in [0.3, 0.4) is 0 Å². The molecule has 0 aromatic heterocycles. The molecule has 1 aliphatic rings. The maximum atomic E-state index is 5.73. The molecule has 0 radical (unpaired) electrons. The third-order valence-corrected chi connectivity index (χ3v) is 4.55. The molecule has 20 heavy (non-hydrogen) atoms. The van der Waals surface area contributed by atoms with Crippen molar-refractivity contribution in [3.05, 3.63) is 48.5 Å². The molecule has 2 nitrogen and oxygen atoms in total. The summed E-state index contributed by atoms with van der Waals surface area (Å²) in [7, 11) is 0. The Bertz CT molecular complexity index is 554. The van der Waals surface area contributed by atoms with E-state index in [9.17, 15) is 0 Å². The van der Waals surface area contributed by atoms with Gasteiger partial charge < -0.3 is 9.64 Å². The number of ether oxygens (including phenoxy) is 1. The lowest BCUT2D eigenvalue weighted by atomic mass is 10.2. The Morgan fingerprint density at radius 2 is 1.55 bits per heavy atom. The smallest absolute Gasteiger partial charge is 0.0725 e. The topological polar surface area (TPSA) is 12.5 Å². The molecule has 0 fully saturated rings. The van der Waals surface area contributed by atoms with Crippen LogP contribution in [0.4, 0.5) is 11.4 Å². The summed E-state index contributed by atoms with van der Waals surface area (Å²) in [5, 5.41) is 0. The molecule has 1 unspecified atom stereocenters.